The topological polar surface area (TPSA) is 84.9 Å². The third-order valence-corrected chi connectivity index (χ3v) is 4.68. The van der Waals surface area contributed by atoms with Gasteiger partial charge >= 0.3 is 0 Å². The van der Waals surface area contributed by atoms with Gasteiger partial charge in [0.25, 0.3) is 0 Å². The first-order valence-corrected chi connectivity index (χ1v) is 7.88. The highest BCUT2D eigenvalue weighted by Crippen LogP contribution is 2.44. The molecule has 0 aromatic heterocycles. The Labute approximate surface area is 134 Å². The van der Waals surface area contributed by atoms with Crippen LogP contribution in [0.4, 0.5) is 0 Å². The Balaban J connectivity index is 2.10. The van der Waals surface area contributed by atoms with Crippen LogP contribution in [0.25, 0.3) is 0 Å². The number of halogens is 1. The highest BCUT2D eigenvalue weighted by Gasteiger charge is 2.52. The predicted octanol–water partition coefficient (Wildman–Crippen LogP) is 1.80. The van der Waals surface area contributed by atoms with Crippen molar-refractivity contribution in [2.45, 2.75) is 43.4 Å². The number of fused-ring (bicyclic) bond motifs is 2. The van der Waals surface area contributed by atoms with Gasteiger partial charge in [0.2, 0.25) is 11.7 Å². The maximum absolute atomic E-state index is 12.8. The first-order chi connectivity index (χ1) is 10.6. The van der Waals surface area contributed by atoms with Crippen molar-refractivity contribution < 1.29 is 14.6 Å². The third kappa shape index (κ3) is 2.43. The summed E-state index contributed by atoms with van der Waals surface area (Å²) in [5, 5.41) is 9.59. The molecule has 3 atom stereocenters. The number of ether oxygens (including phenoxy) is 1. The Morgan fingerprint density at radius 2 is 2.27 bits per heavy atom. The Morgan fingerprint density at radius 1 is 1.50 bits per heavy atom. The summed E-state index contributed by atoms with van der Waals surface area (Å²) in [5.41, 5.74) is 5.74. The van der Waals surface area contributed by atoms with Crippen LogP contribution < -0.4 is 5.73 Å². The first-order valence-electron chi connectivity index (χ1n) is 7.50. The van der Waals surface area contributed by atoms with Crippen LogP contribution in [0.5, 0.6) is 0 Å². The van der Waals surface area contributed by atoms with Crippen molar-refractivity contribution >= 4 is 23.3 Å². The number of nitrogens with two attached hydrogens (primary N) is 1. The van der Waals surface area contributed by atoms with Gasteiger partial charge in [-0.05, 0) is 31.7 Å². The number of aliphatic imine (C=N–C) groups is 1. The second-order valence-electron chi connectivity index (χ2n) is 5.77. The number of aliphatic hydroxyl groups is 1. The molecule has 22 heavy (non-hydrogen) atoms. The zero-order valence-electron chi connectivity index (χ0n) is 12.2. The number of hydrogen-bond donors (Lipinski definition) is 2. The van der Waals surface area contributed by atoms with Crippen LogP contribution in [-0.4, -0.2) is 35.5 Å². The molecule has 2 aliphatic rings. The van der Waals surface area contributed by atoms with Crippen molar-refractivity contribution in [3.05, 3.63) is 34.9 Å². The lowest BCUT2D eigenvalue weighted by Crippen LogP contribution is -2.54. The van der Waals surface area contributed by atoms with E-state index in [0.717, 1.165) is 6.42 Å². The lowest BCUT2D eigenvalue weighted by Gasteiger charge is -2.42. The summed E-state index contributed by atoms with van der Waals surface area (Å²) < 4.78 is 5.69. The molecular formula is C16H19ClN2O3. The van der Waals surface area contributed by atoms with Crippen molar-refractivity contribution in [1.29, 1.82) is 0 Å². The Kier molecular flexibility index (Phi) is 4.21. The molecule has 5 nitrogen and oxygen atoms in total. The monoisotopic (exact) mass is 322 g/mol. The molecule has 1 fully saturated rings. The number of hydrogen-bond acceptors (Lipinski definition) is 5. The van der Waals surface area contributed by atoms with Gasteiger partial charge in [0.1, 0.15) is 0 Å². The van der Waals surface area contributed by atoms with E-state index in [4.69, 9.17) is 27.2 Å². The minimum Gasteiger partial charge on any atom is -0.468 e. The van der Waals surface area contributed by atoms with Gasteiger partial charge in [-0.2, -0.15) is 0 Å². The first kappa shape index (κ1) is 15.5. The van der Waals surface area contributed by atoms with Crippen LogP contribution >= 0.6 is 11.6 Å². The lowest BCUT2D eigenvalue weighted by atomic mass is 9.73. The van der Waals surface area contributed by atoms with E-state index in [2.05, 4.69) is 4.99 Å². The van der Waals surface area contributed by atoms with Crippen LogP contribution in [0, 0.1) is 0 Å². The molecule has 1 aliphatic carbocycles. The van der Waals surface area contributed by atoms with Crippen LogP contribution in [0.1, 0.15) is 31.2 Å². The van der Waals surface area contributed by atoms with Crippen molar-refractivity contribution in [2.75, 3.05) is 6.61 Å². The van der Waals surface area contributed by atoms with Gasteiger partial charge in [-0.25, -0.2) is 4.99 Å². The van der Waals surface area contributed by atoms with Gasteiger partial charge in [-0.1, -0.05) is 29.8 Å². The zero-order valence-corrected chi connectivity index (χ0v) is 12.9. The van der Waals surface area contributed by atoms with Crippen molar-refractivity contribution in [1.82, 2.24) is 0 Å². The third-order valence-electron chi connectivity index (χ3n) is 4.35. The molecule has 0 radical (unpaired) electrons. The maximum Gasteiger partial charge on any atom is 0.205 e. The van der Waals surface area contributed by atoms with Gasteiger partial charge in [-0.3, -0.25) is 4.79 Å². The zero-order chi connectivity index (χ0) is 15.7. The second-order valence-corrected chi connectivity index (χ2v) is 6.18. The number of benzene rings is 1. The smallest absolute Gasteiger partial charge is 0.205 e. The summed E-state index contributed by atoms with van der Waals surface area (Å²) in [5.74, 6) is 0.296. The predicted molar refractivity (Wildman–Crippen MR) is 84.0 cm³/mol. The number of aliphatic hydroxyl groups excluding tert-OH is 1. The van der Waals surface area contributed by atoms with Crippen LogP contribution in [0.2, 0.25) is 5.02 Å². The SMILES string of the molecule is NC(CCO)C1=N[C@]2(c3ccccc3Cl)CCC[C@H](O1)C2=O. The normalized spacial score (nSPS) is 28.8. The number of nitrogens with zero attached hydrogens (tertiary/aromatic N) is 1. The second kappa shape index (κ2) is 5.99. The fourth-order valence-electron chi connectivity index (χ4n) is 3.20. The molecule has 0 saturated heterocycles. The summed E-state index contributed by atoms with van der Waals surface area (Å²) >= 11 is 6.32. The van der Waals surface area contributed by atoms with Gasteiger partial charge in [0.15, 0.2) is 11.6 Å². The standard InChI is InChI=1S/C16H19ClN2O3/c17-11-5-2-1-4-10(11)16-8-3-6-13(14(16)21)22-15(19-16)12(18)7-9-20/h1-2,4-5,12-13,20H,3,6-9,18H2/t12?,13-,16-/m0/s1. The quantitative estimate of drug-likeness (QED) is 0.885. The average Bonchev–Trinajstić information content (AvgIpc) is 2.48. The molecule has 1 aromatic carbocycles. The van der Waals surface area contributed by atoms with E-state index in [-0.39, 0.29) is 12.4 Å². The summed E-state index contributed by atoms with van der Waals surface area (Å²) in [7, 11) is 0. The van der Waals surface area contributed by atoms with Gasteiger partial charge in [0, 0.05) is 17.2 Å². The molecule has 2 bridgehead atoms. The van der Waals surface area contributed by atoms with E-state index in [0.29, 0.717) is 35.7 Å². The van der Waals surface area contributed by atoms with Crippen molar-refractivity contribution in [2.24, 2.45) is 10.7 Å². The number of carbonyl (C=O) groups is 1. The Hall–Kier alpha value is -1.43. The molecule has 3 N–H and O–H groups in total. The molecule has 6 heteroatoms. The van der Waals surface area contributed by atoms with Crippen LogP contribution in [0.15, 0.2) is 29.3 Å². The van der Waals surface area contributed by atoms with E-state index >= 15 is 0 Å². The molecule has 118 valence electrons. The molecular weight excluding hydrogens is 304 g/mol. The van der Waals surface area contributed by atoms with Gasteiger partial charge in [-0.15, -0.1) is 0 Å². The molecule has 0 spiro atoms. The average molecular weight is 323 g/mol. The van der Waals surface area contributed by atoms with E-state index in [9.17, 15) is 4.79 Å². The summed E-state index contributed by atoms with van der Waals surface area (Å²) in [6.07, 6.45) is 1.93. The Bertz CT molecular complexity index is 619. The lowest BCUT2D eigenvalue weighted by molar-refractivity contribution is -0.137. The molecule has 1 saturated carbocycles. The molecule has 1 unspecified atom stereocenters. The van der Waals surface area contributed by atoms with Gasteiger partial charge < -0.3 is 15.6 Å². The van der Waals surface area contributed by atoms with Crippen LogP contribution in [0.3, 0.4) is 0 Å². The van der Waals surface area contributed by atoms with Gasteiger partial charge in [0.05, 0.1) is 6.04 Å². The fraction of sp³-hybridized carbons (Fsp3) is 0.500. The fourth-order valence-corrected chi connectivity index (χ4v) is 3.50. The number of Topliss-reactive ketones (excluding diaryl/α,β-unsaturated/α-hetero) is 1. The molecule has 1 aromatic rings. The van der Waals surface area contributed by atoms with Crippen LogP contribution in [-0.2, 0) is 15.1 Å². The number of carbonyl (C=O) groups excluding carboxylic acids is 1. The van der Waals surface area contributed by atoms with E-state index in [1.165, 1.54) is 0 Å². The summed E-state index contributed by atoms with van der Waals surface area (Å²) in [4.78, 5) is 17.4. The number of ketones is 1. The molecule has 0 amide bonds. The summed E-state index contributed by atoms with van der Waals surface area (Å²) in [6.45, 7) is -0.0543. The van der Waals surface area contributed by atoms with E-state index in [1.807, 2.05) is 18.2 Å². The van der Waals surface area contributed by atoms with Crippen molar-refractivity contribution in [3.63, 3.8) is 0 Å². The molecule has 1 aliphatic heterocycles. The van der Waals surface area contributed by atoms with E-state index < -0.39 is 17.7 Å². The Morgan fingerprint density at radius 3 is 3.00 bits per heavy atom. The van der Waals surface area contributed by atoms with Crippen molar-refractivity contribution in [3.8, 4) is 0 Å². The molecule has 1 heterocycles. The highest BCUT2D eigenvalue weighted by atomic mass is 35.5. The maximum atomic E-state index is 12.8. The van der Waals surface area contributed by atoms with E-state index in [1.54, 1.807) is 6.07 Å². The minimum atomic E-state index is -0.998. The highest BCUT2D eigenvalue weighted by molar-refractivity contribution is 6.32. The molecule has 3 rings (SSSR count). The minimum absolute atomic E-state index is 0.0493. The number of rotatable bonds is 4. The largest absolute Gasteiger partial charge is 0.468 e. The summed E-state index contributed by atoms with van der Waals surface area (Å²) in [6, 6.07) is 6.77.